The molecule has 0 aromatic heterocycles. The quantitative estimate of drug-likeness (QED) is 0.927. The van der Waals surface area contributed by atoms with Crippen molar-refractivity contribution in [3.63, 3.8) is 0 Å². The van der Waals surface area contributed by atoms with Gasteiger partial charge in [0.1, 0.15) is 17.6 Å². The number of aliphatic hydroxyl groups is 1. The summed E-state index contributed by atoms with van der Waals surface area (Å²) in [4.78, 5) is 0. The van der Waals surface area contributed by atoms with Crippen LogP contribution in [0.5, 0.6) is 11.5 Å². The van der Waals surface area contributed by atoms with Crippen molar-refractivity contribution in [2.24, 2.45) is 0 Å². The van der Waals surface area contributed by atoms with Crippen LogP contribution < -0.4 is 9.47 Å². The maximum absolute atomic E-state index is 10.7. The first-order valence-electron chi connectivity index (χ1n) is 6.95. The fourth-order valence-electron chi connectivity index (χ4n) is 2.62. The van der Waals surface area contributed by atoms with Gasteiger partial charge >= 0.3 is 0 Å². The number of benzene rings is 2. The minimum absolute atomic E-state index is 0.577. The van der Waals surface area contributed by atoms with Crippen LogP contribution in [0.1, 0.15) is 29.7 Å². The van der Waals surface area contributed by atoms with Gasteiger partial charge in [-0.05, 0) is 18.6 Å². The average molecular weight is 270 g/mol. The maximum atomic E-state index is 10.7. The first-order chi connectivity index (χ1) is 9.81. The van der Waals surface area contributed by atoms with Gasteiger partial charge in [0.15, 0.2) is 0 Å². The summed E-state index contributed by atoms with van der Waals surface area (Å²) in [5.74, 6) is 1.55. The number of ether oxygens (including phenoxy) is 2. The normalized spacial score (nSPS) is 14.5. The Kier molecular flexibility index (Phi) is 3.61. The molecule has 1 atom stereocenters. The first-order valence-corrected chi connectivity index (χ1v) is 6.95. The van der Waals surface area contributed by atoms with Gasteiger partial charge in [0, 0.05) is 17.5 Å². The molecule has 1 aliphatic heterocycles. The fourth-order valence-corrected chi connectivity index (χ4v) is 2.62. The molecular formula is C17H18O3. The van der Waals surface area contributed by atoms with Crippen molar-refractivity contribution in [2.45, 2.75) is 19.4 Å². The minimum Gasteiger partial charge on any atom is -0.493 e. The van der Waals surface area contributed by atoms with Gasteiger partial charge in [-0.1, -0.05) is 36.4 Å². The molecule has 1 aliphatic rings. The molecule has 0 saturated carbocycles. The van der Waals surface area contributed by atoms with E-state index in [4.69, 9.17) is 9.47 Å². The van der Waals surface area contributed by atoms with E-state index in [0.29, 0.717) is 13.2 Å². The second kappa shape index (κ2) is 5.55. The van der Waals surface area contributed by atoms with E-state index in [1.165, 1.54) is 0 Å². The van der Waals surface area contributed by atoms with E-state index < -0.39 is 6.10 Å². The Hall–Kier alpha value is -2.00. The summed E-state index contributed by atoms with van der Waals surface area (Å²) in [6.45, 7) is 3.20. The zero-order valence-corrected chi connectivity index (χ0v) is 11.5. The largest absolute Gasteiger partial charge is 0.493 e. The summed E-state index contributed by atoms with van der Waals surface area (Å²) in [6.07, 6.45) is 0.175. The van der Waals surface area contributed by atoms with Crippen LogP contribution in [0.25, 0.3) is 0 Å². The highest BCUT2D eigenvalue weighted by atomic mass is 16.5. The first kappa shape index (κ1) is 13.0. The SMILES string of the molecule is CCOc1ccccc1C(O)c1cccc2c1OCC2. The zero-order valence-electron chi connectivity index (χ0n) is 11.5. The summed E-state index contributed by atoms with van der Waals surface area (Å²) < 4.78 is 11.3. The fraction of sp³-hybridized carbons (Fsp3) is 0.294. The molecule has 0 aliphatic carbocycles. The Morgan fingerprint density at radius 2 is 1.95 bits per heavy atom. The van der Waals surface area contributed by atoms with E-state index >= 15 is 0 Å². The number of hydrogen-bond acceptors (Lipinski definition) is 3. The lowest BCUT2D eigenvalue weighted by molar-refractivity contribution is 0.206. The topological polar surface area (TPSA) is 38.7 Å². The van der Waals surface area contributed by atoms with Crippen molar-refractivity contribution in [3.8, 4) is 11.5 Å². The minimum atomic E-state index is -0.731. The van der Waals surface area contributed by atoms with E-state index in [0.717, 1.165) is 34.6 Å². The Bertz CT molecular complexity index is 607. The van der Waals surface area contributed by atoms with Crippen LogP contribution in [0, 0.1) is 0 Å². The van der Waals surface area contributed by atoms with Gasteiger partial charge in [0.05, 0.1) is 13.2 Å². The molecular weight excluding hydrogens is 252 g/mol. The van der Waals surface area contributed by atoms with Crippen LogP contribution >= 0.6 is 0 Å². The molecule has 1 unspecified atom stereocenters. The number of aliphatic hydroxyl groups excluding tert-OH is 1. The second-order valence-electron chi connectivity index (χ2n) is 4.81. The second-order valence-corrected chi connectivity index (χ2v) is 4.81. The highest BCUT2D eigenvalue weighted by molar-refractivity contribution is 5.50. The van der Waals surface area contributed by atoms with Gasteiger partial charge in [0.2, 0.25) is 0 Å². The molecule has 3 rings (SSSR count). The van der Waals surface area contributed by atoms with Crippen LogP contribution in [-0.4, -0.2) is 18.3 Å². The standard InChI is InChI=1S/C17H18O3/c1-2-19-15-9-4-3-7-13(15)16(18)14-8-5-6-12-10-11-20-17(12)14/h3-9,16,18H,2,10-11H2,1H3. The monoisotopic (exact) mass is 270 g/mol. The van der Waals surface area contributed by atoms with Gasteiger partial charge in [-0.2, -0.15) is 0 Å². The molecule has 104 valence electrons. The van der Waals surface area contributed by atoms with Crippen LogP contribution in [0.3, 0.4) is 0 Å². The van der Waals surface area contributed by atoms with Gasteiger partial charge in [-0.15, -0.1) is 0 Å². The van der Waals surface area contributed by atoms with Gasteiger partial charge in [0.25, 0.3) is 0 Å². The predicted molar refractivity (Wildman–Crippen MR) is 77.3 cm³/mol. The third-order valence-electron chi connectivity index (χ3n) is 3.55. The highest BCUT2D eigenvalue weighted by Gasteiger charge is 2.23. The molecule has 2 aromatic rings. The molecule has 1 N–H and O–H groups in total. The van der Waals surface area contributed by atoms with Crippen LogP contribution in [0.4, 0.5) is 0 Å². The summed E-state index contributed by atoms with van der Waals surface area (Å²) >= 11 is 0. The van der Waals surface area contributed by atoms with Gasteiger partial charge in [-0.25, -0.2) is 0 Å². The Labute approximate surface area is 118 Å². The van der Waals surface area contributed by atoms with Gasteiger partial charge < -0.3 is 14.6 Å². The summed E-state index contributed by atoms with van der Waals surface area (Å²) in [6, 6.07) is 13.5. The van der Waals surface area contributed by atoms with Crippen molar-refractivity contribution in [3.05, 3.63) is 59.2 Å². The molecule has 20 heavy (non-hydrogen) atoms. The molecule has 3 nitrogen and oxygen atoms in total. The van der Waals surface area contributed by atoms with Crippen molar-refractivity contribution in [1.29, 1.82) is 0 Å². The Morgan fingerprint density at radius 1 is 1.15 bits per heavy atom. The van der Waals surface area contributed by atoms with E-state index in [1.54, 1.807) is 0 Å². The summed E-state index contributed by atoms with van der Waals surface area (Å²) in [5.41, 5.74) is 2.75. The number of para-hydroxylation sites is 2. The van der Waals surface area contributed by atoms with Crippen molar-refractivity contribution >= 4 is 0 Å². The zero-order chi connectivity index (χ0) is 13.9. The molecule has 0 spiro atoms. The molecule has 0 bridgehead atoms. The Balaban J connectivity index is 2.01. The predicted octanol–water partition coefficient (Wildman–Crippen LogP) is 3.10. The van der Waals surface area contributed by atoms with E-state index in [-0.39, 0.29) is 0 Å². The number of fused-ring (bicyclic) bond motifs is 1. The summed E-state index contributed by atoms with van der Waals surface area (Å²) in [5, 5.41) is 10.7. The van der Waals surface area contributed by atoms with Crippen LogP contribution in [0.15, 0.2) is 42.5 Å². The maximum Gasteiger partial charge on any atom is 0.128 e. The van der Waals surface area contributed by atoms with Crippen LogP contribution in [0.2, 0.25) is 0 Å². The lowest BCUT2D eigenvalue weighted by Crippen LogP contribution is -2.05. The Morgan fingerprint density at radius 3 is 2.80 bits per heavy atom. The molecule has 3 heteroatoms. The van der Waals surface area contributed by atoms with Crippen LogP contribution in [-0.2, 0) is 6.42 Å². The molecule has 1 heterocycles. The smallest absolute Gasteiger partial charge is 0.128 e. The van der Waals surface area contributed by atoms with Crippen molar-refractivity contribution in [2.75, 3.05) is 13.2 Å². The average Bonchev–Trinajstić information content (AvgIpc) is 2.96. The summed E-state index contributed by atoms with van der Waals surface area (Å²) in [7, 11) is 0. The lowest BCUT2D eigenvalue weighted by atomic mass is 9.97. The van der Waals surface area contributed by atoms with E-state index in [2.05, 4.69) is 0 Å². The molecule has 0 radical (unpaired) electrons. The van der Waals surface area contributed by atoms with E-state index in [1.807, 2.05) is 49.4 Å². The molecule has 0 amide bonds. The number of hydrogen-bond donors (Lipinski definition) is 1. The van der Waals surface area contributed by atoms with Gasteiger partial charge in [-0.3, -0.25) is 0 Å². The molecule has 0 saturated heterocycles. The van der Waals surface area contributed by atoms with E-state index in [9.17, 15) is 5.11 Å². The number of rotatable bonds is 4. The molecule has 2 aromatic carbocycles. The third kappa shape index (κ3) is 2.25. The molecule has 0 fully saturated rings. The van der Waals surface area contributed by atoms with Crippen molar-refractivity contribution < 1.29 is 14.6 Å². The van der Waals surface area contributed by atoms with Crippen molar-refractivity contribution in [1.82, 2.24) is 0 Å². The highest BCUT2D eigenvalue weighted by Crippen LogP contribution is 2.38. The third-order valence-corrected chi connectivity index (χ3v) is 3.55. The lowest BCUT2D eigenvalue weighted by Gasteiger charge is -2.18.